The SMILES string of the molecule is COC(=O)c1c(NC(=O)C2=C(C)NC3=C(C(=O)CC(C)(C)C3)[C@H]2c2cc(OC)ccc2OC)sc2c1CCCC2. The Balaban J connectivity index is 1.64. The first-order valence-electron chi connectivity index (χ1n) is 13.6. The van der Waals surface area contributed by atoms with Crippen LogP contribution in [-0.2, 0) is 27.2 Å². The van der Waals surface area contributed by atoms with Crippen molar-refractivity contribution >= 4 is 34.0 Å². The van der Waals surface area contributed by atoms with Crippen molar-refractivity contribution in [2.45, 2.75) is 65.2 Å². The molecule has 5 rings (SSSR count). The molecule has 0 radical (unpaired) electrons. The number of rotatable bonds is 6. The van der Waals surface area contributed by atoms with E-state index in [0.717, 1.165) is 41.8 Å². The summed E-state index contributed by atoms with van der Waals surface area (Å²) in [6, 6.07) is 5.41. The van der Waals surface area contributed by atoms with Crippen LogP contribution in [0.3, 0.4) is 0 Å². The summed E-state index contributed by atoms with van der Waals surface area (Å²) < 4.78 is 16.4. The number of ether oxygens (including phenoxy) is 3. The number of dihydropyridines is 1. The average Bonchev–Trinajstić information content (AvgIpc) is 3.28. The molecule has 1 atom stereocenters. The molecule has 0 spiro atoms. The van der Waals surface area contributed by atoms with Crippen molar-refractivity contribution in [3.63, 3.8) is 0 Å². The Morgan fingerprint density at radius 3 is 2.52 bits per heavy atom. The first-order chi connectivity index (χ1) is 19.1. The van der Waals surface area contributed by atoms with E-state index in [2.05, 4.69) is 24.5 Å². The van der Waals surface area contributed by atoms with Gasteiger partial charge in [-0.3, -0.25) is 9.59 Å². The molecule has 1 amide bonds. The average molecular weight is 565 g/mol. The molecule has 9 heteroatoms. The van der Waals surface area contributed by atoms with E-state index in [0.29, 0.717) is 57.3 Å². The quantitative estimate of drug-likeness (QED) is 0.436. The van der Waals surface area contributed by atoms with Gasteiger partial charge in [0.05, 0.1) is 32.8 Å². The predicted molar refractivity (Wildman–Crippen MR) is 154 cm³/mol. The van der Waals surface area contributed by atoms with E-state index in [-0.39, 0.29) is 17.1 Å². The zero-order chi connectivity index (χ0) is 28.8. The van der Waals surface area contributed by atoms with E-state index in [1.54, 1.807) is 26.4 Å². The summed E-state index contributed by atoms with van der Waals surface area (Å²) in [4.78, 5) is 41.9. The van der Waals surface area contributed by atoms with Gasteiger partial charge < -0.3 is 24.8 Å². The van der Waals surface area contributed by atoms with Gasteiger partial charge in [0.1, 0.15) is 16.5 Å². The third-order valence-electron chi connectivity index (χ3n) is 8.02. The van der Waals surface area contributed by atoms with Gasteiger partial charge in [-0.05, 0) is 68.2 Å². The van der Waals surface area contributed by atoms with E-state index in [4.69, 9.17) is 14.2 Å². The molecule has 8 nitrogen and oxygen atoms in total. The molecule has 2 aliphatic carbocycles. The van der Waals surface area contributed by atoms with Crippen molar-refractivity contribution in [2.24, 2.45) is 5.41 Å². The number of esters is 1. The van der Waals surface area contributed by atoms with Gasteiger partial charge in [0, 0.05) is 39.4 Å². The van der Waals surface area contributed by atoms with Crippen LogP contribution in [0.25, 0.3) is 0 Å². The molecule has 2 aromatic rings. The zero-order valence-corrected chi connectivity index (χ0v) is 24.7. The minimum absolute atomic E-state index is 0.00624. The zero-order valence-electron chi connectivity index (χ0n) is 23.9. The lowest BCUT2D eigenvalue weighted by molar-refractivity contribution is -0.118. The fourth-order valence-electron chi connectivity index (χ4n) is 6.26. The van der Waals surface area contributed by atoms with Gasteiger partial charge in [0.2, 0.25) is 0 Å². The van der Waals surface area contributed by atoms with Crippen molar-refractivity contribution in [3.05, 3.63) is 62.3 Å². The summed E-state index contributed by atoms with van der Waals surface area (Å²) >= 11 is 1.43. The van der Waals surface area contributed by atoms with Crippen LogP contribution in [0.2, 0.25) is 0 Å². The van der Waals surface area contributed by atoms with Gasteiger partial charge in [0.25, 0.3) is 5.91 Å². The second kappa shape index (κ2) is 10.8. The number of hydrogen-bond donors (Lipinski definition) is 2. The highest BCUT2D eigenvalue weighted by atomic mass is 32.1. The largest absolute Gasteiger partial charge is 0.497 e. The molecular weight excluding hydrogens is 528 g/mol. The van der Waals surface area contributed by atoms with Gasteiger partial charge in [-0.15, -0.1) is 11.3 Å². The number of carbonyl (C=O) groups excluding carboxylic acids is 3. The molecule has 0 bridgehead atoms. The van der Waals surface area contributed by atoms with Crippen molar-refractivity contribution < 1.29 is 28.6 Å². The topological polar surface area (TPSA) is 103 Å². The van der Waals surface area contributed by atoms with Crippen LogP contribution in [0.5, 0.6) is 11.5 Å². The minimum atomic E-state index is -0.680. The molecule has 0 fully saturated rings. The summed E-state index contributed by atoms with van der Waals surface area (Å²) in [5, 5.41) is 6.93. The highest BCUT2D eigenvalue weighted by Gasteiger charge is 2.44. The maximum absolute atomic E-state index is 14.2. The van der Waals surface area contributed by atoms with Gasteiger partial charge in [-0.2, -0.15) is 0 Å². The van der Waals surface area contributed by atoms with Gasteiger partial charge in [-0.25, -0.2) is 4.79 Å². The Morgan fingerprint density at radius 2 is 1.82 bits per heavy atom. The summed E-state index contributed by atoms with van der Waals surface area (Å²) in [7, 11) is 4.51. The van der Waals surface area contributed by atoms with E-state index in [1.165, 1.54) is 18.4 Å². The molecule has 0 saturated carbocycles. The number of nitrogens with one attached hydrogen (secondary N) is 2. The number of allylic oxidation sites excluding steroid dienone is 3. The summed E-state index contributed by atoms with van der Waals surface area (Å²) in [5.41, 5.74) is 4.31. The fourth-order valence-corrected chi connectivity index (χ4v) is 7.53. The van der Waals surface area contributed by atoms with E-state index in [1.807, 2.05) is 13.0 Å². The fraction of sp³-hybridized carbons (Fsp3) is 0.452. The minimum Gasteiger partial charge on any atom is -0.497 e. The molecule has 40 heavy (non-hydrogen) atoms. The smallest absolute Gasteiger partial charge is 0.341 e. The number of hydrogen-bond acceptors (Lipinski definition) is 8. The third kappa shape index (κ3) is 4.91. The molecule has 212 valence electrons. The monoisotopic (exact) mass is 564 g/mol. The number of amides is 1. The molecule has 2 heterocycles. The van der Waals surface area contributed by atoms with Gasteiger partial charge in [0.15, 0.2) is 5.78 Å². The molecule has 0 saturated heterocycles. The van der Waals surface area contributed by atoms with Crippen LogP contribution in [0.1, 0.15) is 78.7 Å². The highest BCUT2D eigenvalue weighted by molar-refractivity contribution is 7.17. The van der Waals surface area contributed by atoms with Crippen molar-refractivity contribution in [1.82, 2.24) is 5.32 Å². The van der Waals surface area contributed by atoms with Crippen LogP contribution in [-0.4, -0.2) is 39.0 Å². The number of aryl methyl sites for hydroxylation is 1. The van der Waals surface area contributed by atoms with Crippen LogP contribution >= 0.6 is 11.3 Å². The number of thiophene rings is 1. The molecule has 2 N–H and O–H groups in total. The Morgan fingerprint density at radius 1 is 1.07 bits per heavy atom. The molecule has 1 aliphatic heterocycles. The first-order valence-corrected chi connectivity index (χ1v) is 14.4. The molecule has 0 unspecified atom stereocenters. The van der Waals surface area contributed by atoms with Crippen LogP contribution < -0.4 is 20.1 Å². The predicted octanol–water partition coefficient (Wildman–Crippen LogP) is 5.67. The molecule has 1 aromatic heterocycles. The number of fused-ring (bicyclic) bond motifs is 1. The van der Waals surface area contributed by atoms with Crippen molar-refractivity contribution in [3.8, 4) is 11.5 Å². The number of benzene rings is 1. The van der Waals surface area contributed by atoms with E-state index < -0.39 is 11.9 Å². The number of ketones is 1. The third-order valence-corrected chi connectivity index (χ3v) is 9.23. The Kier molecular flexibility index (Phi) is 7.52. The number of anilines is 1. The number of carbonyl (C=O) groups is 3. The lowest BCUT2D eigenvalue weighted by atomic mass is 9.68. The van der Waals surface area contributed by atoms with Crippen LogP contribution in [0.15, 0.2) is 40.7 Å². The summed E-state index contributed by atoms with van der Waals surface area (Å²) in [6.45, 7) is 6.00. The Bertz CT molecular complexity index is 1460. The molecule has 1 aromatic carbocycles. The van der Waals surface area contributed by atoms with Gasteiger partial charge in [-0.1, -0.05) is 13.8 Å². The number of methoxy groups -OCH3 is 3. The van der Waals surface area contributed by atoms with E-state index >= 15 is 0 Å². The summed E-state index contributed by atoms with van der Waals surface area (Å²) in [6.07, 6.45) is 4.72. The van der Waals surface area contributed by atoms with Crippen molar-refractivity contribution in [1.29, 1.82) is 0 Å². The normalized spacial score (nSPS) is 19.9. The highest BCUT2D eigenvalue weighted by Crippen LogP contribution is 2.49. The molecule has 3 aliphatic rings. The second-order valence-corrected chi connectivity index (χ2v) is 12.5. The molecular formula is C31H36N2O6S. The van der Waals surface area contributed by atoms with Gasteiger partial charge >= 0.3 is 5.97 Å². The van der Waals surface area contributed by atoms with Crippen LogP contribution in [0, 0.1) is 5.41 Å². The Labute approximate surface area is 238 Å². The van der Waals surface area contributed by atoms with E-state index in [9.17, 15) is 14.4 Å². The Hall–Kier alpha value is -3.59. The van der Waals surface area contributed by atoms with Crippen LogP contribution in [0.4, 0.5) is 5.00 Å². The second-order valence-electron chi connectivity index (χ2n) is 11.4. The lowest BCUT2D eigenvalue weighted by Gasteiger charge is -2.40. The first kappa shape index (κ1) is 28.0. The maximum Gasteiger partial charge on any atom is 0.341 e. The summed E-state index contributed by atoms with van der Waals surface area (Å²) in [5.74, 6) is -0.376. The number of Topliss-reactive ketones (excluding diaryl/α,β-unsaturated/α-hetero) is 1. The lowest BCUT2D eigenvalue weighted by Crippen LogP contribution is -2.39. The standard InChI is InChI=1S/C31H36N2O6S/c1-16-24(28(35)33-29-26(30(36)39-6)18-9-7-8-10-23(18)40-29)25(19-13-17(37-4)11-12-22(19)38-5)27-20(32-16)14-31(2,3)15-21(27)34/h11-13,25,32H,7-10,14-15H2,1-6H3,(H,33,35)/t25-/m0/s1. The van der Waals surface area contributed by atoms with Crippen molar-refractivity contribution in [2.75, 3.05) is 26.6 Å². The maximum atomic E-state index is 14.2.